The first-order valence-electron chi connectivity index (χ1n) is 6.49. The van der Waals surface area contributed by atoms with Crippen molar-refractivity contribution in [3.05, 3.63) is 76.0 Å². The third-order valence-corrected chi connectivity index (χ3v) is 3.00. The highest BCUT2D eigenvalue weighted by atomic mass is 16.6. The van der Waals surface area contributed by atoms with E-state index in [2.05, 4.69) is 5.32 Å². The molecule has 6 nitrogen and oxygen atoms in total. The van der Waals surface area contributed by atoms with Gasteiger partial charge < -0.3 is 10.4 Å². The maximum atomic E-state index is 11.9. The van der Waals surface area contributed by atoms with Crippen LogP contribution in [0, 0.1) is 17.0 Å². The van der Waals surface area contributed by atoms with Gasteiger partial charge in [-0.3, -0.25) is 14.9 Å². The van der Waals surface area contributed by atoms with Gasteiger partial charge in [-0.05, 0) is 13.0 Å². The molecule has 2 rings (SSSR count). The minimum Gasteiger partial charge on any atom is -0.506 e. The third-order valence-electron chi connectivity index (χ3n) is 3.00. The molecular weight excluding hydrogens is 284 g/mol. The smallest absolute Gasteiger partial charge is 0.271 e. The zero-order valence-corrected chi connectivity index (χ0v) is 11.8. The summed E-state index contributed by atoms with van der Waals surface area (Å²) in [6, 6.07) is 10.7. The van der Waals surface area contributed by atoms with Crippen LogP contribution < -0.4 is 5.32 Å². The molecule has 0 bridgehead atoms. The topological polar surface area (TPSA) is 92.5 Å². The van der Waals surface area contributed by atoms with Crippen LogP contribution in [-0.4, -0.2) is 15.8 Å². The number of nitro benzene ring substituents is 1. The van der Waals surface area contributed by atoms with E-state index in [1.807, 2.05) is 19.1 Å². The number of nitrogens with zero attached hydrogens (tertiary/aromatic N) is 1. The SMILES string of the molecule is Cc1ccc(C(=O)/C=C\Nc2cc([N+](=O)[O-])ccc2O)cc1. The molecule has 112 valence electrons. The number of benzene rings is 2. The van der Waals surface area contributed by atoms with Crippen molar-refractivity contribution in [3.63, 3.8) is 0 Å². The fraction of sp³-hybridized carbons (Fsp3) is 0.0625. The van der Waals surface area contributed by atoms with Gasteiger partial charge in [0.25, 0.3) is 5.69 Å². The minimum atomic E-state index is -0.564. The van der Waals surface area contributed by atoms with E-state index in [1.54, 1.807) is 12.1 Å². The lowest BCUT2D eigenvalue weighted by Gasteiger charge is -2.03. The van der Waals surface area contributed by atoms with Crippen molar-refractivity contribution in [1.29, 1.82) is 0 Å². The monoisotopic (exact) mass is 298 g/mol. The molecule has 0 heterocycles. The van der Waals surface area contributed by atoms with Crippen LogP contribution in [0.25, 0.3) is 0 Å². The number of non-ortho nitro benzene ring substituents is 1. The van der Waals surface area contributed by atoms with Crippen molar-refractivity contribution in [2.24, 2.45) is 0 Å². The van der Waals surface area contributed by atoms with Gasteiger partial charge in [0.05, 0.1) is 10.6 Å². The Kier molecular flexibility index (Phi) is 4.53. The van der Waals surface area contributed by atoms with Crippen molar-refractivity contribution < 1.29 is 14.8 Å². The molecule has 0 saturated carbocycles. The lowest BCUT2D eigenvalue weighted by Crippen LogP contribution is -1.97. The highest BCUT2D eigenvalue weighted by Crippen LogP contribution is 2.27. The summed E-state index contributed by atoms with van der Waals surface area (Å²) in [5.41, 5.74) is 1.59. The number of nitrogens with one attached hydrogen (secondary N) is 1. The largest absolute Gasteiger partial charge is 0.506 e. The van der Waals surface area contributed by atoms with E-state index in [1.165, 1.54) is 30.5 Å². The van der Waals surface area contributed by atoms with E-state index in [9.17, 15) is 20.0 Å². The van der Waals surface area contributed by atoms with Crippen LogP contribution in [-0.2, 0) is 0 Å². The Balaban J connectivity index is 2.09. The molecule has 0 fully saturated rings. The number of ketones is 1. The molecule has 2 N–H and O–H groups in total. The zero-order chi connectivity index (χ0) is 16.1. The first-order valence-corrected chi connectivity index (χ1v) is 6.49. The molecule has 6 heteroatoms. The summed E-state index contributed by atoms with van der Waals surface area (Å²) >= 11 is 0. The predicted octanol–water partition coefficient (Wildman–Crippen LogP) is 3.42. The average Bonchev–Trinajstić information content (AvgIpc) is 2.49. The van der Waals surface area contributed by atoms with Crippen LogP contribution in [0.2, 0.25) is 0 Å². The number of phenols is 1. The van der Waals surface area contributed by atoms with Gasteiger partial charge in [0.2, 0.25) is 0 Å². The van der Waals surface area contributed by atoms with Gasteiger partial charge in [-0.25, -0.2) is 0 Å². The first kappa shape index (κ1) is 15.2. The Bertz CT molecular complexity index is 736. The summed E-state index contributed by atoms with van der Waals surface area (Å²) < 4.78 is 0. The molecule has 0 radical (unpaired) electrons. The highest BCUT2D eigenvalue weighted by Gasteiger charge is 2.09. The number of anilines is 1. The van der Waals surface area contributed by atoms with Gasteiger partial charge in [-0.2, -0.15) is 0 Å². The summed E-state index contributed by atoms with van der Waals surface area (Å²) in [6.45, 7) is 1.93. The van der Waals surface area contributed by atoms with Gasteiger partial charge in [0.1, 0.15) is 5.75 Å². The van der Waals surface area contributed by atoms with Crippen LogP contribution in [0.4, 0.5) is 11.4 Å². The van der Waals surface area contributed by atoms with Gasteiger partial charge in [0, 0.05) is 30.0 Å². The Morgan fingerprint density at radius 3 is 2.55 bits per heavy atom. The molecule has 0 aliphatic heterocycles. The van der Waals surface area contributed by atoms with Crippen LogP contribution in [0.15, 0.2) is 54.7 Å². The Morgan fingerprint density at radius 2 is 1.91 bits per heavy atom. The summed E-state index contributed by atoms with van der Waals surface area (Å²) in [4.78, 5) is 22.0. The number of carbonyl (C=O) groups excluding carboxylic acids is 1. The third kappa shape index (κ3) is 3.69. The molecule has 0 aliphatic rings. The maximum Gasteiger partial charge on any atom is 0.271 e. The summed E-state index contributed by atoms with van der Waals surface area (Å²) in [5.74, 6) is -0.351. The van der Waals surface area contributed by atoms with E-state index in [0.29, 0.717) is 5.56 Å². The zero-order valence-electron chi connectivity index (χ0n) is 11.8. The van der Waals surface area contributed by atoms with Crippen molar-refractivity contribution >= 4 is 17.2 Å². The number of aromatic hydroxyl groups is 1. The molecular formula is C16H14N2O4. The van der Waals surface area contributed by atoms with Gasteiger partial charge in [-0.1, -0.05) is 29.8 Å². The van der Waals surface area contributed by atoms with Crippen LogP contribution in [0.5, 0.6) is 5.75 Å². The van der Waals surface area contributed by atoms with E-state index in [0.717, 1.165) is 5.56 Å². The maximum absolute atomic E-state index is 11.9. The average molecular weight is 298 g/mol. The highest BCUT2D eigenvalue weighted by molar-refractivity contribution is 6.04. The summed E-state index contributed by atoms with van der Waals surface area (Å²) in [7, 11) is 0. The second kappa shape index (κ2) is 6.53. The Labute approximate surface area is 126 Å². The van der Waals surface area contributed by atoms with Crippen LogP contribution in [0.3, 0.4) is 0 Å². The molecule has 0 spiro atoms. The number of rotatable bonds is 5. The van der Waals surface area contributed by atoms with E-state index < -0.39 is 4.92 Å². The lowest BCUT2D eigenvalue weighted by molar-refractivity contribution is -0.384. The molecule has 0 aliphatic carbocycles. The molecule has 0 aromatic heterocycles. The van der Waals surface area contributed by atoms with Gasteiger partial charge in [-0.15, -0.1) is 0 Å². The Hall–Kier alpha value is -3.15. The fourth-order valence-electron chi connectivity index (χ4n) is 1.77. The number of nitro groups is 1. The van der Waals surface area contributed by atoms with Crippen molar-refractivity contribution in [1.82, 2.24) is 0 Å². The number of phenolic OH excluding ortho intramolecular Hbond substituents is 1. The van der Waals surface area contributed by atoms with Gasteiger partial charge >= 0.3 is 0 Å². The molecule has 0 saturated heterocycles. The molecule has 2 aromatic rings. The van der Waals surface area contributed by atoms with Crippen LogP contribution >= 0.6 is 0 Å². The molecule has 0 amide bonds. The standard InChI is InChI=1S/C16H14N2O4/c1-11-2-4-12(5-3-11)15(19)8-9-17-14-10-13(18(21)22)6-7-16(14)20/h2-10,17,20H,1H3/b9-8-. The number of allylic oxidation sites excluding steroid dienone is 1. The van der Waals surface area contributed by atoms with Gasteiger partial charge in [0.15, 0.2) is 5.78 Å². The Morgan fingerprint density at radius 1 is 1.23 bits per heavy atom. The quantitative estimate of drug-likeness (QED) is 0.290. The minimum absolute atomic E-state index is 0.141. The molecule has 22 heavy (non-hydrogen) atoms. The first-order chi connectivity index (χ1) is 10.5. The normalized spacial score (nSPS) is 10.6. The number of carbonyl (C=O) groups is 1. The summed E-state index contributed by atoms with van der Waals surface area (Å²) in [6.07, 6.45) is 2.63. The second-order valence-corrected chi connectivity index (χ2v) is 4.67. The summed E-state index contributed by atoms with van der Waals surface area (Å²) in [5, 5.41) is 23.0. The predicted molar refractivity (Wildman–Crippen MR) is 83.0 cm³/mol. The van der Waals surface area contributed by atoms with E-state index >= 15 is 0 Å². The number of aryl methyl sites for hydroxylation is 1. The van der Waals surface area contributed by atoms with Crippen molar-refractivity contribution in [3.8, 4) is 5.75 Å². The van der Waals surface area contributed by atoms with E-state index in [4.69, 9.17) is 0 Å². The van der Waals surface area contributed by atoms with Crippen LogP contribution in [0.1, 0.15) is 15.9 Å². The lowest BCUT2D eigenvalue weighted by atomic mass is 10.1. The van der Waals surface area contributed by atoms with E-state index in [-0.39, 0.29) is 22.9 Å². The number of hydrogen-bond donors (Lipinski definition) is 2. The molecule has 2 aromatic carbocycles. The molecule has 0 unspecified atom stereocenters. The molecule has 0 atom stereocenters. The number of hydrogen-bond acceptors (Lipinski definition) is 5. The second-order valence-electron chi connectivity index (χ2n) is 4.67. The van der Waals surface area contributed by atoms with Crippen molar-refractivity contribution in [2.75, 3.05) is 5.32 Å². The van der Waals surface area contributed by atoms with Crippen molar-refractivity contribution in [2.45, 2.75) is 6.92 Å². The fourth-order valence-corrected chi connectivity index (χ4v) is 1.77.